The SMILES string of the molecule is CN(C)C(=O)c1cccc(NC(=O)c2cc(Br)c[nH]2)c1. The van der Waals surface area contributed by atoms with Gasteiger partial charge in [0.2, 0.25) is 0 Å². The van der Waals surface area contributed by atoms with Gasteiger partial charge in [-0.2, -0.15) is 0 Å². The molecule has 0 aliphatic heterocycles. The van der Waals surface area contributed by atoms with Gasteiger partial charge in [-0.05, 0) is 40.2 Å². The lowest BCUT2D eigenvalue weighted by molar-refractivity contribution is 0.0827. The summed E-state index contributed by atoms with van der Waals surface area (Å²) >= 11 is 3.27. The molecule has 20 heavy (non-hydrogen) atoms. The van der Waals surface area contributed by atoms with Gasteiger partial charge in [-0.15, -0.1) is 0 Å². The Morgan fingerprint density at radius 3 is 2.60 bits per heavy atom. The molecule has 0 aliphatic rings. The van der Waals surface area contributed by atoms with Gasteiger partial charge in [0.15, 0.2) is 0 Å². The Morgan fingerprint density at radius 2 is 2.00 bits per heavy atom. The zero-order chi connectivity index (χ0) is 14.7. The van der Waals surface area contributed by atoms with Gasteiger partial charge < -0.3 is 15.2 Å². The average Bonchev–Trinajstić information content (AvgIpc) is 2.85. The van der Waals surface area contributed by atoms with E-state index in [0.717, 1.165) is 4.47 Å². The van der Waals surface area contributed by atoms with Crippen molar-refractivity contribution in [3.8, 4) is 0 Å². The fraction of sp³-hybridized carbons (Fsp3) is 0.143. The zero-order valence-corrected chi connectivity index (χ0v) is 12.7. The lowest BCUT2D eigenvalue weighted by Gasteiger charge is -2.11. The molecule has 0 radical (unpaired) electrons. The van der Waals surface area contributed by atoms with Gasteiger partial charge in [0, 0.05) is 36.0 Å². The first kappa shape index (κ1) is 14.3. The third-order valence-corrected chi connectivity index (χ3v) is 3.12. The van der Waals surface area contributed by atoms with Crippen molar-refractivity contribution < 1.29 is 9.59 Å². The number of hydrogen-bond acceptors (Lipinski definition) is 2. The summed E-state index contributed by atoms with van der Waals surface area (Å²) in [6, 6.07) is 8.52. The van der Waals surface area contributed by atoms with Crippen LogP contribution in [-0.4, -0.2) is 35.8 Å². The number of nitrogens with one attached hydrogen (secondary N) is 2. The van der Waals surface area contributed by atoms with Crippen LogP contribution in [0.4, 0.5) is 5.69 Å². The highest BCUT2D eigenvalue weighted by Crippen LogP contribution is 2.15. The molecule has 2 aromatic rings. The van der Waals surface area contributed by atoms with E-state index >= 15 is 0 Å². The molecule has 1 heterocycles. The molecule has 2 N–H and O–H groups in total. The second-order valence-corrected chi connectivity index (χ2v) is 5.38. The maximum Gasteiger partial charge on any atom is 0.272 e. The van der Waals surface area contributed by atoms with Crippen molar-refractivity contribution in [1.82, 2.24) is 9.88 Å². The molecular formula is C14H14BrN3O2. The van der Waals surface area contributed by atoms with E-state index in [9.17, 15) is 9.59 Å². The molecule has 5 nitrogen and oxygen atoms in total. The van der Waals surface area contributed by atoms with Crippen LogP contribution in [0.3, 0.4) is 0 Å². The molecule has 0 atom stereocenters. The third kappa shape index (κ3) is 3.27. The molecule has 0 aliphatic carbocycles. The van der Waals surface area contributed by atoms with Crippen molar-refractivity contribution in [2.24, 2.45) is 0 Å². The number of rotatable bonds is 3. The van der Waals surface area contributed by atoms with Crippen LogP contribution in [-0.2, 0) is 0 Å². The number of carbonyl (C=O) groups excluding carboxylic acids is 2. The van der Waals surface area contributed by atoms with Gasteiger partial charge in [-0.25, -0.2) is 0 Å². The summed E-state index contributed by atoms with van der Waals surface area (Å²) in [6.45, 7) is 0. The van der Waals surface area contributed by atoms with Gasteiger partial charge in [-0.1, -0.05) is 6.07 Å². The van der Waals surface area contributed by atoms with Crippen LogP contribution in [0.25, 0.3) is 0 Å². The van der Waals surface area contributed by atoms with Crippen molar-refractivity contribution in [3.63, 3.8) is 0 Å². The van der Waals surface area contributed by atoms with E-state index in [-0.39, 0.29) is 11.8 Å². The maximum absolute atomic E-state index is 12.0. The number of carbonyl (C=O) groups is 2. The van der Waals surface area contributed by atoms with Gasteiger partial charge in [-0.3, -0.25) is 9.59 Å². The fourth-order valence-electron chi connectivity index (χ4n) is 1.69. The molecule has 104 valence electrons. The average molecular weight is 336 g/mol. The number of nitrogens with zero attached hydrogens (tertiary/aromatic N) is 1. The number of anilines is 1. The second-order valence-electron chi connectivity index (χ2n) is 4.47. The second kappa shape index (κ2) is 5.92. The fourth-order valence-corrected chi connectivity index (χ4v) is 2.03. The van der Waals surface area contributed by atoms with Crippen molar-refractivity contribution in [1.29, 1.82) is 0 Å². The molecule has 0 saturated heterocycles. The van der Waals surface area contributed by atoms with Crippen molar-refractivity contribution in [3.05, 3.63) is 52.3 Å². The summed E-state index contributed by atoms with van der Waals surface area (Å²) in [5.41, 5.74) is 1.55. The molecule has 0 spiro atoms. The molecule has 6 heteroatoms. The molecule has 0 saturated carbocycles. The number of H-pyrrole nitrogens is 1. The molecule has 1 aromatic carbocycles. The number of benzene rings is 1. The highest BCUT2D eigenvalue weighted by atomic mass is 79.9. The Bertz CT molecular complexity index is 649. The summed E-state index contributed by atoms with van der Waals surface area (Å²) in [7, 11) is 3.37. The van der Waals surface area contributed by atoms with Crippen molar-refractivity contribution >= 4 is 33.4 Å². The number of hydrogen-bond donors (Lipinski definition) is 2. The molecular weight excluding hydrogens is 322 g/mol. The minimum atomic E-state index is -0.259. The summed E-state index contributed by atoms with van der Waals surface area (Å²) in [5, 5.41) is 2.74. The number of halogens is 1. The van der Waals surface area contributed by atoms with Gasteiger partial charge in [0.25, 0.3) is 11.8 Å². The highest BCUT2D eigenvalue weighted by Gasteiger charge is 2.11. The number of aromatic nitrogens is 1. The largest absolute Gasteiger partial charge is 0.356 e. The Labute approximate surface area is 125 Å². The lowest BCUT2D eigenvalue weighted by Crippen LogP contribution is -2.22. The van der Waals surface area contributed by atoms with Crippen LogP contribution >= 0.6 is 15.9 Å². The van der Waals surface area contributed by atoms with E-state index < -0.39 is 0 Å². The Morgan fingerprint density at radius 1 is 1.25 bits per heavy atom. The first-order valence-electron chi connectivity index (χ1n) is 5.94. The minimum Gasteiger partial charge on any atom is -0.356 e. The predicted octanol–water partition coefficient (Wildman–Crippen LogP) is 2.73. The van der Waals surface area contributed by atoms with Crippen LogP contribution in [0, 0.1) is 0 Å². The lowest BCUT2D eigenvalue weighted by atomic mass is 10.2. The summed E-state index contributed by atoms with van der Waals surface area (Å²) in [4.78, 5) is 28.2. The third-order valence-electron chi connectivity index (χ3n) is 2.67. The van der Waals surface area contributed by atoms with Crippen LogP contribution in [0.15, 0.2) is 41.0 Å². The monoisotopic (exact) mass is 335 g/mol. The van der Waals surface area contributed by atoms with E-state index in [1.165, 1.54) is 4.90 Å². The van der Waals surface area contributed by atoms with E-state index in [1.807, 2.05) is 0 Å². The first-order chi connectivity index (χ1) is 9.47. The molecule has 2 amide bonds. The Balaban J connectivity index is 2.16. The summed E-state index contributed by atoms with van der Waals surface area (Å²) in [5.74, 6) is -0.367. The van der Waals surface area contributed by atoms with E-state index in [1.54, 1.807) is 50.6 Å². The van der Waals surface area contributed by atoms with Gasteiger partial charge in [0.05, 0.1) is 0 Å². The van der Waals surface area contributed by atoms with Gasteiger partial charge in [0.1, 0.15) is 5.69 Å². The quantitative estimate of drug-likeness (QED) is 0.905. The Hall–Kier alpha value is -2.08. The molecule has 2 rings (SSSR count). The van der Waals surface area contributed by atoms with Crippen molar-refractivity contribution in [2.45, 2.75) is 0 Å². The molecule has 0 unspecified atom stereocenters. The molecule has 0 fully saturated rings. The predicted molar refractivity (Wildman–Crippen MR) is 80.9 cm³/mol. The van der Waals surface area contributed by atoms with Gasteiger partial charge >= 0.3 is 0 Å². The van der Waals surface area contributed by atoms with Crippen LogP contribution in [0.2, 0.25) is 0 Å². The summed E-state index contributed by atoms with van der Waals surface area (Å²) in [6.07, 6.45) is 1.68. The number of amides is 2. The number of aromatic amines is 1. The maximum atomic E-state index is 12.0. The van der Waals surface area contributed by atoms with E-state index in [0.29, 0.717) is 16.9 Å². The van der Waals surface area contributed by atoms with Crippen LogP contribution < -0.4 is 5.32 Å². The smallest absolute Gasteiger partial charge is 0.272 e. The topological polar surface area (TPSA) is 65.2 Å². The highest BCUT2D eigenvalue weighted by molar-refractivity contribution is 9.10. The van der Waals surface area contributed by atoms with Crippen LogP contribution in [0.5, 0.6) is 0 Å². The minimum absolute atomic E-state index is 0.108. The van der Waals surface area contributed by atoms with E-state index in [2.05, 4.69) is 26.2 Å². The van der Waals surface area contributed by atoms with Crippen LogP contribution in [0.1, 0.15) is 20.8 Å². The summed E-state index contributed by atoms with van der Waals surface area (Å²) < 4.78 is 0.805. The Kier molecular flexibility index (Phi) is 4.24. The normalized spacial score (nSPS) is 10.2. The van der Waals surface area contributed by atoms with Crippen molar-refractivity contribution in [2.75, 3.05) is 19.4 Å². The standard InChI is InChI=1S/C14H14BrN3O2/c1-18(2)14(20)9-4-3-5-11(6-9)17-13(19)12-7-10(15)8-16-12/h3-8,16H,1-2H3,(H,17,19). The first-order valence-corrected chi connectivity index (χ1v) is 6.73. The molecule has 1 aromatic heterocycles. The van der Waals surface area contributed by atoms with E-state index in [4.69, 9.17) is 0 Å². The zero-order valence-electron chi connectivity index (χ0n) is 11.1. The molecule has 0 bridgehead atoms.